The van der Waals surface area contributed by atoms with Crippen molar-refractivity contribution in [3.8, 4) is 11.3 Å². The molecule has 39 heavy (non-hydrogen) atoms. The lowest BCUT2D eigenvalue weighted by Gasteiger charge is -2.17. The molecule has 4 N–H and O–H groups in total. The third-order valence-corrected chi connectivity index (χ3v) is 6.67. The lowest BCUT2D eigenvalue weighted by molar-refractivity contribution is 0.0949. The molecule has 0 aliphatic heterocycles. The average molecular weight is 528 g/mol. The Kier molecular flexibility index (Phi) is 10.2. The maximum Gasteiger partial charge on any atom is 0.252 e. The number of carbonyl (C=O) groups is 1. The van der Waals surface area contributed by atoms with Gasteiger partial charge in [0.25, 0.3) is 5.91 Å². The van der Waals surface area contributed by atoms with Crippen LogP contribution in [-0.4, -0.2) is 54.0 Å². The molecule has 8 nitrogen and oxygen atoms in total. The highest BCUT2D eigenvalue weighted by Gasteiger charge is 2.17. The number of benzene rings is 1. The SMILES string of the molecule is CNCCN(C)Cc1cccc(-c2cc(C(=O)NCc3cccnc3)c3c(n2)=CCCCC=3NNC(C)C)c1. The molecule has 3 aromatic rings. The molecule has 1 aliphatic carbocycles. The number of likely N-dealkylation sites (N-methyl/N-ethyl adjacent to an activating group) is 2. The number of aromatic nitrogens is 2. The van der Waals surface area contributed by atoms with Gasteiger partial charge >= 0.3 is 0 Å². The molecule has 1 aromatic carbocycles. The van der Waals surface area contributed by atoms with Crippen LogP contribution in [0.4, 0.5) is 0 Å². The predicted molar refractivity (Wildman–Crippen MR) is 158 cm³/mol. The Bertz CT molecular complexity index is 1370. The van der Waals surface area contributed by atoms with Crippen molar-refractivity contribution in [1.82, 2.24) is 36.4 Å². The van der Waals surface area contributed by atoms with Crippen LogP contribution in [0.5, 0.6) is 0 Å². The van der Waals surface area contributed by atoms with Crippen LogP contribution in [-0.2, 0) is 13.1 Å². The van der Waals surface area contributed by atoms with Crippen molar-refractivity contribution in [1.29, 1.82) is 0 Å². The van der Waals surface area contributed by atoms with E-state index in [0.29, 0.717) is 12.1 Å². The average Bonchev–Trinajstić information content (AvgIpc) is 3.16. The van der Waals surface area contributed by atoms with Gasteiger partial charge in [-0.3, -0.25) is 9.78 Å². The molecule has 206 valence electrons. The zero-order valence-electron chi connectivity index (χ0n) is 23.6. The van der Waals surface area contributed by atoms with Crippen LogP contribution in [0.3, 0.4) is 0 Å². The second-order valence-electron chi connectivity index (χ2n) is 10.4. The van der Waals surface area contributed by atoms with Crippen LogP contribution >= 0.6 is 0 Å². The van der Waals surface area contributed by atoms with E-state index >= 15 is 0 Å². The third kappa shape index (κ3) is 7.95. The summed E-state index contributed by atoms with van der Waals surface area (Å²) in [4.78, 5) is 25.3. The summed E-state index contributed by atoms with van der Waals surface area (Å²) in [6.45, 7) is 7.32. The van der Waals surface area contributed by atoms with E-state index in [1.54, 1.807) is 12.4 Å². The largest absolute Gasteiger partial charge is 0.348 e. The van der Waals surface area contributed by atoms with Gasteiger partial charge in [-0.1, -0.05) is 30.3 Å². The Hall–Kier alpha value is -3.59. The molecule has 1 amide bonds. The standard InChI is InChI=1S/C31H41N7O/c1-22(2)36-37-28-13-6-5-12-27-30(28)26(31(39)34-20-24-10-8-14-33-19-24)18-29(35-27)25-11-7-9-23(17-25)21-38(4)16-15-32-3/h7-12,14,17-19,22,32,36-37H,5-6,13,15-16,20-21H2,1-4H3,(H,34,39). The van der Waals surface area contributed by atoms with E-state index in [1.807, 2.05) is 25.2 Å². The molecule has 2 aromatic heterocycles. The van der Waals surface area contributed by atoms with Gasteiger partial charge in [-0.15, -0.1) is 0 Å². The van der Waals surface area contributed by atoms with Crippen LogP contribution in [0.15, 0.2) is 54.9 Å². The molecule has 2 heterocycles. The van der Waals surface area contributed by atoms with Gasteiger partial charge in [0.05, 0.1) is 16.6 Å². The molecule has 0 bridgehead atoms. The second kappa shape index (κ2) is 14.0. The second-order valence-corrected chi connectivity index (χ2v) is 10.4. The molecule has 8 heteroatoms. The highest BCUT2D eigenvalue weighted by atomic mass is 16.1. The predicted octanol–water partition coefficient (Wildman–Crippen LogP) is 2.30. The van der Waals surface area contributed by atoms with Gasteiger partial charge in [-0.2, -0.15) is 0 Å². The molecule has 0 fully saturated rings. The Morgan fingerprint density at radius 3 is 2.74 bits per heavy atom. The minimum atomic E-state index is -0.124. The number of hydrogen-bond donors (Lipinski definition) is 4. The zero-order chi connectivity index (χ0) is 27.6. The molecule has 1 aliphatic rings. The molecule has 0 atom stereocenters. The minimum absolute atomic E-state index is 0.124. The van der Waals surface area contributed by atoms with Crippen LogP contribution in [0.25, 0.3) is 23.0 Å². The lowest BCUT2D eigenvalue weighted by Crippen LogP contribution is -2.45. The molecule has 4 rings (SSSR count). The maximum atomic E-state index is 13.7. The lowest BCUT2D eigenvalue weighted by atomic mass is 10.0. The summed E-state index contributed by atoms with van der Waals surface area (Å²) >= 11 is 0. The van der Waals surface area contributed by atoms with E-state index in [2.05, 4.69) is 82.6 Å². The number of rotatable bonds is 12. The number of fused-ring (bicyclic) bond motifs is 1. The van der Waals surface area contributed by atoms with Gasteiger partial charge in [-0.05, 0) is 76.5 Å². The smallest absolute Gasteiger partial charge is 0.252 e. The van der Waals surface area contributed by atoms with Crippen molar-refractivity contribution < 1.29 is 4.79 Å². The monoisotopic (exact) mass is 527 g/mol. The Labute approximate surface area is 231 Å². The quantitative estimate of drug-likeness (QED) is 0.269. The maximum absolute atomic E-state index is 13.7. The fraction of sp³-hybridized carbons (Fsp3) is 0.387. The first-order valence-electron chi connectivity index (χ1n) is 13.8. The number of amides is 1. The normalized spacial score (nSPS) is 13.1. The summed E-state index contributed by atoms with van der Waals surface area (Å²) in [6.07, 6.45) is 8.40. The molecule has 0 spiro atoms. The fourth-order valence-corrected chi connectivity index (χ4v) is 4.66. The van der Waals surface area contributed by atoms with E-state index in [1.165, 1.54) is 5.56 Å². The first kappa shape index (κ1) is 28.4. The first-order valence-corrected chi connectivity index (χ1v) is 13.8. The summed E-state index contributed by atoms with van der Waals surface area (Å²) < 4.78 is 0. The molecule has 0 radical (unpaired) electrons. The molecule has 0 saturated carbocycles. The molecule has 0 saturated heterocycles. The van der Waals surface area contributed by atoms with Crippen LogP contribution in [0.1, 0.15) is 54.6 Å². The van der Waals surface area contributed by atoms with E-state index < -0.39 is 0 Å². The number of nitrogens with one attached hydrogen (secondary N) is 4. The zero-order valence-corrected chi connectivity index (χ0v) is 23.6. The topological polar surface area (TPSA) is 94.2 Å². The summed E-state index contributed by atoms with van der Waals surface area (Å²) in [5, 5.41) is 8.04. The number of nitrogens with zero attached hydrogens (tertiary/aromatic N) is 3. The van der Waals surface area contributed by atoms with E-state index in [0.717, 1.165) is 72.0 Å². The van der Waals surface area contributed by atoms with E-state index in [9.17, 15) is 4.79 Å². The Balaban J connectivity index is 1.76. The van der Waals surface area contributed by atoms with Gasteiger partial charge in [0.15, 0.2) is 0 Å². The van der Waals surface area contributed by atoms with Crippen molar-refractivity contribution in [2.24, 2.45) is 0 Å². The van der Waals surface area contributed by atoms with Crippen LogP contribution < -0.4 is 32.1 Å². The minimum Gasteiger partial charge on any atom is -0.348 e. The highest BCUT2D eigenvalue weighted by molar-refractivity contribution is 5.96. The number of carbonyl (C=O) groups excluding carboxylic acids is 1. The molecule has 0 unspecified atom stereocenters. The Morgan fingerprint density at radius 1 is 1.13 bits per heavy atom. The Morgan fingerprint density at radius 2 is 1.97 bits per heavy atom. The van der Waals surface area contributed by atoms with Crippen LogP contribution in [0.2, 0.25) is 0 Å². The third-order valence-electron chi connectivity index (χ3n) is 6.67. The van der Waals surface area contributed by atoms with Gasteiger partial charge in [0, 0.05) is 61.1 Å². The molecular formula is C31H41N7O. The van der Waals surface area contributed by atoms with Crippen molar-refractivity contribution in [3.05, 3.63) is 82.1 Å². The van der Waals surface area contributed by atoms with Gasteiger partial charge in [0.1, 0.15) is 0 Å². The van der Waals surface area contributed by atoms with Crippen molar-refractivity contribution in [3.63, 3.8) is 0 Å². The highest BCUT2D eigenvalue weighted by Crippen LogP contribution is 2.19. The fourth-order valence-electron chi connectivity index (χ4n) is 4.66. The number of hydrogen-bond acceptors (Lipinski definition) is 7. The van der Waals surface area contributed by atoms with Crippen molar-refractivity contribution in [2.45, 2.75) is 52.2 Å². The van der Waals surface area contributed by atoms with Crippen molar-refractivity contribution >= 4 is 17.7 Å². The summed E-state index contributed by atoms with van der Waals surface area (Å²) in [5.41, 5.74) is 12.3. The summed E-state index contributed by atoms with van der Waals surface area (Å²) in [5.74, 6) is -0.124. The first-order chi connectivity index (χ1) is 18.9. The van der Waals surface area contributed by atoms with Crippen LogP contribution in [0, 0.1) is 0 Å². The van der Waals surface area contributed by atoms with E-state index in [4.69, 9.17) is 4.98 Å². The van der Waals surface area contributed by atoms with Gasteiger partial charge < -0.3 is 21.0 Å². The van der Waals surface area contributed by atoms with Gasteiger partial charge in [-0.25, -0.2) is 10.4 Å². The van der Waals surface area contributed by atoms with Crippen molar-refractivity contribution in [2.75, 3.05) is 27.2 Å². The summed E-state index contributed by atoms with van der Waals surface area (Å²) in [7, 11) is 4.09. The van der Waals surface area contributed by atoms with Gasteiger partial charge in [0.2, 0.25) is 0 Å². The number of pyridine rings is 2. The molecular weight excluding hydrogens is 486 g/mol. The summed E-state index contributed by atoms with van der Waals surface area (Å²) in [6, 6.07) is 14.5. The number of hydrazine groups is 1. The van der Waals surface area contributed by atoms with E-state index in [-0.39, 0.29) is 11.9 Å².